The highest BCUT2D eigenvalue weighted by molar-refractivity contribution is 6.01. The standard InChI is InChI=1S/C30H23N3O2.C2H6/c1-29(2)18-12-5-7-14-20(18)31-25-22(29)23-26-32(21-15-8-6-13-19(21)30(23,3)4)28(35)17-11-9-10-16(27(31)34)24(17)33(25)26;1-2/h5-15H,1-4H3;1-2H3. The molecule has 0 atom stereocenters. The van der Waals surface area contributed by atoms with Crippen LogP contribution in [0.4, 0.5) is 0 Å². The van der Waals surface area contributed by atoms with Crippen molar-refractivity contribution in [2.24, 2.45) is 0 Å². The number of fused-ring (bicyclic) bond motifs is 5. The molecule has 5 nitrogen and oxygen atoms in total. The van der Waals surface area contributed by atoms with Crippen molar-refractivity contribution in [2.75, 3.05) is 0 Å². The van der Waals surface area contributed by atoms with Crippen LogP contribution >= 0.6 is 0 Å². The number of benzene rings is 3. The van der Waals surface area contributed by atoms with Crippen LogP contribution in [0.2, 0.25) is 0 Å². The van der Waals surface area contributed by atoms with Crippen LogP contribution in [0.3, 0.4) is 0 Å². The number of aromatic nitrogens is 3. The van der Waals surface area contributed by atoms with E-state index in [1.54, 1.807) is 0 Å². The van der Waals surface area contributed by atoms with Gasteiger partial charge in [0.15, 0.2) is 0 Å². The molecule has 8 rings (SSSR count). The fourth-order valence-corrected chi connectivity index (χ4v) is 7.04. The fraction of sp³-hybridized carbons (Fsp3) is 0.250. The van der Waals surface area contributed by atoms with Gasteiger partial charge in [0.25, 0.3) is 11.1 Å². The van der Waals surface area contributed by atoms with Crippen molar-refractivity contribution in [1.82, 2.24) is 13.5 Å². The van der Waals surface area contributed by atoms with E-state index in [-0.39, 0.29) is 21.9 Å². The molecule has 5 heteroatoms. The van der Waals surface area contributed by atoms with Crippen molar-refractivity contribution in [3.63, 3.8) is 0 Å². The van der Waals surface area contributed by atoms with Gasteiger partial charge in [-0.25, -0.2) is 0 Å². The number of hydrogen-bond donors (Lipinski definition) is 0. The van der Waals surface area contributed by atoms with Crippen molar-refractivity contribution < 1.29 is 0 Å². The molecule has 0 N–H and O–H groups in total. The third kappa shape index (κ3) is 2.27. The highest BCUT2D eigenvalue weighted by Gasteiger charge is 2.47. The van der Waals surface area contributed by atoms with Crippen molar-refractivity contribution in [3.05, 3.63) is 110 Å². The van der Waals surface area contributed by atoms with E-state index < -0.39 is 0 Å². The summed E-state index contributed by atoms with van der Waals surface area (Å²) in [5, 5.41) is 1.14. The van der Waals surface area contributed by atoms with Crippen LogP contribution in [0.5, 0.6) is 0 Å². The van der Waals surface area contributed by atoms with Gasteiger partial charge < -0.3 is 0 Å². The molecular weight excluding hydrogens is 458 g/mol. The van der Waals surface area contributed by atoms with E-state index in [0.717, 1.165) is 50.4 Å². The van der Waals surface area contributed by atoms with E-state index in [9.17, 15) is 9.59 Å². The van der Waals surface area contributed by atoms with Gasteiger partial charge in [-0.2, -0.15) is 0 Å². The molecule has 184 valence electrons. The lowest BCUT2D eigenvalue weighted by atomic mass is 9.67. The van der Waals surface area contributed by atoms with Crippen LogP contribution in [0.25, 0.3) is 39.0 Å². The summed E-state index contributed by atoms with van der Waals surface area (Å²) in [6.45, 7) is 13.0. The summed E-state index contributed by atoms with van der Waals surface area (Å²) in [5.41, 5.74) is 7.89. The summed E-state index contributed by atoms with van der Waals surface area (Å²) >= 11 is 0. The number of hydrogen-bond acceptors (Lipinski definition) is 2. The smallest absolute Gasteiger partial charge is 0.266 e. The minimum absolute atomic E-state index is 0.0787. The third-order valence-corrected chi connectivity index (χ3v) is 8.56. The highest BCUT2D eigenvalue weighted by atomic mass is 16.1. The first kappa shape index (κ1) is 22.1. The predicted molar refractivity (Wildman–Crippen MR) is 150 cm³/mol. The van der Waals surface area contributed by atoms with Crippen LogP contribution in [0.1, 0.15) is 63.8 Å². The van der Waals surface area contributed by atoms with Crippen LogP contribution in [-0.2, 0) is 10.8 Å². The summed E-state index contributed by atoms with van der Waals surface area (Å²) in [6, 6.07) is 21.9. The van der Waals surface area contributed by atoms with Crippen LogP contribution in [0, 0.1) is 0 Å². The summed E-state index contributed by atoms with van der Waals surface area (Å²) < 4.78 is 5.97. The molecule has 3 aromatic carbocycles. The zero-order chi connectivity index (χ0) is 26.0. The average molecular weight is 488 g/mol. The molecule has 2 aliphatic heterocycles. The highest BCUT2D eigenvalue weighted by Crippen LogP contribution is 2.53. The van der Waals surface area contributed by atoms with Gasteiger partial charge in [-0.15, -0.1) is 0 Å². The molecule has 37 heavy (non-hydrogen) atoms. The Morgan fingerprint density at radius 3 is 1.41 bits per heavy atom. The van der Waals surface area contributed by atoms with Gasteiger partial charge >= 0.3 is 0 Å². The van der Waals surface area contributed by atoms with Gasteiger partial charge in [-0.1, -0.05) is 84.0 Å². The Balaban J connectivity index is 0.00000113. The van der Waals surface area contributed by atoms with Crippen molar-refractivity contribution in [1.29, 1.82) is 0 Å². The van der Waals surface area contributed by atoms with E-state index in [1.807, 2.05) is 77.6 Å². The Bertz CT molecular complexity index is 1910. The lowest BCUT2D eigenvalue weighted by Gasteiger charge is -2.38. The summed E-state index contributed by atoms with van der Waals surface area (Å²) in [7, 11) is 0. The minimum atomic E-state index is -0.368. The Morgan fingerprint density at radius 2 is 0.973 bits per heavy atom. The van der Waals surface area contributed by atoms with E-state index in [0.29, 0.717) is 10.8 Å². The Hall–Kier alpha value is -4.12. The summed E-state index contributed by atoms with van der Waals surface area (Å²) in [6.07, 6.45) is 0. The predicted octanol–water partition coefficient (Wildman–Crippen LogP) is 6.29. The first-order valence-electron chi connectivity index (χ1n) is 13.1. The molecule has 0 spiro atoms. The molecule has 0 amide bonds. The van der Waals surface area contributed by atoms with Gasteiger partial charge in [0.05, 0.1) is 27.7 Å². The number of nitrogens with zero attached hydrogens (tertiary/aromatic N) is 3. The normalized spacial score (nSPS) is 15.9. The fourth-order valence-electron chi connectivity index (χ4n) is 7.04. The van der Waals surface area contributed by atoms with E-state index in [4.69, 9.17) is 0 Å². The van der Waals surface area contributed by atoms with Gasteiger partial charge in [0.2, 0.25) is 0 Å². The molecule has 0 saturated carbocycles. The summed E-state index contributed by atoms with van der Waals surface area (Å²) in [4.78, 5) is 28.3. The molecule has 0 bridgehead atoms. The van der Waals surface area contributed by atoms with E-state index >= 15 is 0 Å². The maximum Gasteiger partial charge on any atom is 0.266 e. The van der Waals surface area contributed by atoms with E-state index in [2.05, 4.69) is 44.2 Å². The third-order valence-electron chi connectivity index (χ3n) is 8.56. The minimum Gasteiger partial charge on any atom is -0.279 e. The van der Waals surface area contributed by atoms with Crippen molar-refractivity contribution >= 4 is 27.6 Å². The van der Waals surface area contributed by atoms with Crippen molar-refractivity contribution in [2.45, 2.75) is 52.4 Å². The zero-order valence-electron chi connectivity index (χ0n) is 22.0. The van der Waals surface area contributed by atoms with E-state index in [1.165, 1.54) is 0 Å². The topological polar surface area (TPSA) is 48.4 Å². The summed E-state index contributed by atoms with van der Waals surface area (Å²) in [5.74, 6) is 0. The average Bonchev–Trinajstić information content (AvgIpc) is 3.28. The second kappa shape index (κ2) is 6.80. The van der Waals surface area contributed by atoms with Crippen LogP contribution in [-0.4, -0.2) is 13.5 Å². The second-order valence-electron chi connectivity index (χ2n) is 11.0. The molecule has 2 aliphatic rings. The molecule has 0 unspecified atom stereocenters. The quantitative estimate of drug-likeness (QED) is 0.253. The molecule has 0 saturated heterocycles. The Morgan fingerprint density at radius 1 is 0.568 bits per heavy atom. The van der Waals surface area contributed by atoms with Crippen LogP contribution in [0.15, 0.2) is 76.3 Å². The molecule has 5 heterocycles. The van der Waals surface area contributed by atoms with Gasteiger partial charge in [-0.05, 0) is 35.4 Å². The molecule has 0 fully saturated rings. The van der Waals surface area contributed by atoms with Crippen LogP contribution < -0.4 is 11.1 Å². The molecule has 6 aromatic rings. The lowest BCUT2D eigenvalue weighted by Crippen LogP contribution is -2.35. The largest absolute Gasteiger partial charge is 0.279 e. The van der Waals surface area contributed by atoms with Gasteiger partial charge in [0.1, 0.15) is 11.3 Å². The lowest BCUT2D eigenvalue weighted by molar-refractivity contribution is 0.570. The second-order valence-corrected chi connectivity index (χ2v) is 11.0. The van der Waals surface area contributed by atoms with Gasteiger partial charge in [-0.3, -0.25) is 23.1 Å². The first-order chi connectivity index (χ1) is 17.8. The molecule has 0 aliphatic carbocycles. The van der Waals surface area contributed by atoms with Crippen molar-refractivity contribution in [3.8, 4) is 11.4 Å². The maximum absolute atomic E-state index is 14.1. The number of rotatable bonds is 0. The Kier molecular flexibility index (Phi) is 4.06. The Labute approximate surface area is 214 Å². The van der Waals surface area contributed by atoms with Gasteiger partial charge in [0, 0.05) is 22.0 Å². The number of para-hydroxylation sites is 3. The monoisotopic (exact) mass is 487 g/mol. The molecule has 3 aromatic heterocycles. The SMILES string of the molecule is CC.CC1(C)c2ccccc2-n2c(=O)c3cccc4c(=O)n5c6c(c1c2n6c34)C(C)(C)c1ccccc1-5. The molecular formula is C32H29N3O2. The maximum atomic E-state index is 14.1. The first-order valence-corrected chi connectivity index (χ1v) is 13.1. The molecule has 0 radical (unpaired) electrons. The zero-order valence-corrected chi connectivity index (χ0v) is 22.0.